The average Bonchev–Trinajstić information content (AvgIpc) is 3.29. The van der Waals surface area contributed by atoms with Crippen molar-refractivity contribution in [3.05, 3.63) is 86.7 Å². The predicted molar refractivity (Wildman–Crippen MR) is 131 cm³/mol. The minimum absolute atomic E-state index is 0.229. The third-order valence-corrected chi connectivity index (χ3v) is 7.20. The van der Waals surface area contributed by atoms with Gasteiger partial charge >= 0.3 is 5.97 Å². The Morgan fingerprint density at radius 2 is 1.88 bits per heavy atom. The molecule has 0 fully saturated rings. The van der Waals surface area contributed by atoms with E-state index in [0.717, 1.165) is 22.3 Å². The quantitative estimate of drug-likeness (QED) is 0.403. The summed E-state index contributed by atoms with van der Waals surface area (Å²) in [6, 6.07) is 14.2. The normalized spacial score (nSPS) is 15.2. The Hall–Kier alpha value is -3.49. The summed E-state index contributed by atoms with van der Waals surface area (Å²) in [7, 11) is 1.31. The van der Waals surface area contributed by atoms with Gasteiger partial charge in [0.25, 0.3) is 5.56 Å². The van der Waals surface area contributed by atoms with Crippen molar-refractivity contribution in [2.24, 2.45) is 0 Å². The molecule has 4 aromatic rings. The Morgan fingerprint density at radius 3 is 2.62 bits per heavy atom. The first-order chi connectivity index (χ1) is 16.5. The molecule has 0 spiro atoms. The second kappa shape index (κ2) is 9.04. The van der Waals surface area contributed by atoms with Gasteiger partial charge in [-0.3, -0.25) is 14.2 Å². The van der Waals surface area contributed by atoms with E-state index in [1.165, 1.54) is 34.2 Å². The molecule has 0 saturated carbocycles. The Bertz CT molecular complexity index is 1460. The molecule has 0 bridgehead atoms. The number of aromatic nitrogens is 2. The maximum Gasteiger partial charge on any atom is 0.328 e. The fourth-order valence-electron chi connectivity index (χ4n) is 4.29. The zero-order chi connectivity index (χ0) is 23.8. The molecule has 0 saturated heterocycles. The fraction of sp³-hybridized carbons (Fsp3) is 0.200. The average molecular weight is 494 g/mol. The molecule has 1 atom stereocenters. The van der Waals surface area contributed by atoms with E-state index < -0.39 is 12.0 Å². The van der Waals surface area contributed by atoms with Crippen molar-refractivity contribution in [2.45, 2.75) is 25.6 Å². The van der Waals surface area contributed by atoms with Crippen LogP contribution >= 0.6 is 22.9 Å². The smallest absolute Gasteiger partial charge is 0.328 e. The van der Waals surface area contributed by atoms with Crippen LogP contribution in [0.25, 0.3) is 21.3 Å². The van der Waals surface area contributed by atoms with E-state index in [1.807, 2.05) is 41.8 Å². The van der Waals surface area contributed by atoms with E-state index in [0.29, 0.717) is 21.7 Å². The number of esters is 1. The first-order valence-corrected chi connectivity index (χ1v) is 11.9. The molecule has 7 nitrogen and oxygen atoms in total. The lowest BCUT2D eigenvalue weighted by molar-refractivity contribution is -0.154. The van der Waals surface area contributed by atoms with Gasteiger partial charge in [0.15, 0.2) is 0 Å². The van der Waals surface area contributed by atoms with Gasteiger partial charge in [0.05, 0.1) is 18.8 Å². The standard InChI is InChI=1S/C25H20ClN3O4S/c1-33-25(32)20-10-16-4-2-3-5-17(16)11-29(20)21(30)12-28-14-27-23-22(24(28)31)19(13-34-23)15-6-8-18(26)9-7-15/h2-9,13-14,20H,10-12H2,1H3/t20-/m1/s1. The maximum absolute atomic E-state index is 13.4. The minimum Gasteiger partial charge on any atom is -0.467 e. The van der Waals surface area contributed by atoms with Crippen molar-refractivity contribution >= 4 is 45.0 Å². The Morgan fingerprint density at radius 1 is 1.15 bits per heavy atom. The number of benzene rings is 2. The van der Waals surface area contributed by atoms with Crippen LogP contribution < -0.4 is 5.56 Å². The first kappa shape index (κ1) is 22.3. The number of nitrogens with zero attached hydrogens (tertiary/aromatic N) is 3. The number of amides is 1. The van der Waals surface area contributed by atoms with E-state index in [9.17, 15) is 14.4 Å². The van der Waals surface area contributed by atoms with Crippen LogP contribution in [0, 0.1) is 0 Å². The van der Waals surface area contributed by atoms with Crippen molar-refractivity contribution in [1.82, 2.24) is 14.5 Å². The molecule has 0 radical (unpaired) electrons. The van der Waals surface area contributed by atoms with E-state index in [4.69, 9.17) is 16.3 Å². The number of thiophene rings is 1. The summed E-state index contributed by atoms with van der Waals surface area (Å²) in [6.07, 6.45) is 1.75. The molecule has 5 rings (SSSR count). The molecule has 2 aromatic carbocycles. The molecule has 2 aromatic heterocycles. The number of carbonyl (C=O) groups is 2. The highest BCUT2D eigenvalue weighted by molar-refractivity contribution is 7.17. The molecule has 0 unspecified atom stereocenters. The summed E-state index contributed by atoms with van der Waals surface area (Å²) >= 11 is 7.37. The highest BCUT2D eigenvalue weighted by Crippen LogP contribution is 2.31. The van der Waals surface area contributed by atoms with E-state index >= 15 is 0 Å². The Balaban J connectivity index is 1.49. The summed E-state index contributed by atoms with van der Waals surface area (Å²) < 4.78 is 6.25. The molecule has 3 heterocycles. The van der Waals surface area contributed by atoms with E-state index in [-0.39, 0.29) is 24.6 Å². The van der Waals surface area contributed by atoms with Crippen molar-refractivity contribution in [3.8, 4) is 11.1 Å². The number of rotatable bonds is 4. The molecule has 1 aliphatic heterocycles. The van der Waals surface area contributed by atoms with Gasteiger partial charge in [0.1, 0.15) is 17.4 Å². The van der Waals surface area contributed by atoms with Crippen LogP contribution in [0.1, 0.15) is 11.1 Å². The molecule has 1 amide bonds. The number of hydrogen-bond donors (Lipinski definition) is 0. The Kier molecular flexibility index (Phi) is 5.93. The van der Waals surface area contributed by atoms with Crippen LogP contribution in [0.3, 0.4) is 0 Å². The van der Waals surface area contributed by atoms with Crippen molar-refractivity contribution in [2.75, 3.05) is 7.11 Å². The number of halogens is 1. The fourth-order valence-corrected chi connectivity index (χ4v) is 5.32. The van der Waals surface area contributed by atoms with Gasteiger partial charge in [-0.1, -0.05) is 48.0 Å². The zero-order valence-electron chi connectivity index (χ0n) is 18.2. The van der Waals surface area contributed by atoms with Gasteiger partial charge in [-0.25, -0.2) is 9.78 Å². The zero-order valence-corrected chi connectivity index (χ0v) is 19.8. The van der Waals surface area contributed by atoms with Crippen LogP contribution in [-0.2, 0) is 33.8 Å². The van der Waals surface area contributed by atoms with Crippen molar-refractivity contribution < 1.29 is 14.3 Å². The highest BCUT2D eigenvalue weighted by Gasteiger charge is 2.35. The van der Waals surface area contributed by atoms with Crippen LogP contribution in [0.4, 0.5) is 0 Å². The lowest BCUT2D eigenvalue weighted by Gasteiger charge is -2.35. The Labute approximate surface area is 204 Å². The number of methoxy groups -OCH3 is 1. The summed E-state index contributed by atoms with van der Waals surface area (Å²) in [4.78, 5) is 45.7. The van der Waals surface area contributed by atoms with Crippen LogP contribution in [0.2, 0.25) is 5.02 Å². The summed E-state index contributed by atoms with van der Waals surface area (Å²) in [5.74, 6) is -0.830. The molecule has 9 heteroatoms. The van der Waals surface area contributed by atoms with Gasteiger partial charge in [0, 0.05) is 28.9 Å². The lowest BCUT2D eigenvalue weighted by Crippen LogP contribution is -2.50. The molecular formula is C25H20ClN3O4S. The largest absolute Gasteiger partial charge is 0.467 e. The second-order valence-corrected chi connectivity index (χ2v) is 9.34. The predicted octanol–water partition coefficient (Wildman–Crippen LogP) is 3.90. The molecule has 0 aliphatic carbocycles. The summed E-state index contributed by atoms with van der Waals surface area (Å²) in [5, 5.41) is 2.94. The second-order valence-electron chi connectivity index (χ2n) is 8.05. The SMILES string of the molecule is COC(=O)[C@H]1Cc2ccccc2CN1C(=O)Cn1cnc2scc(-c3ccc(Cl)cc3)c2c1=O. The van der Waals surface area contributed by atoms with Gasteiger partial charge in [-0.15, -0.1) is 11.3 Å². The monoisotopic (exact) mass is 493 g/mol. The van der Waals surface area contributed by atoms with Gasteiger partial charge in [0.2, 0.25) is 5.91 Å². The minimum atomic E-state index is -0.745. The highest BCUT2D eigenvalue weighted by atomic mass is 35.5. The number of fused-ring (bicyclic) bond motifs is 2. The van der Waals surface area contributed by atoms with Gasteiger partial charge in [-0.05, 0) is 28.8 Å². The number of ether oxygens (including phenoxy) is 1. The number of hydrogen-bond acceptors (Lipinski definition) is 6. The molecular weight excluding hydrogens is 474 g/mol. The van der Waals surface area contributed by atoms with Gasteiger partial charge in [-0.2, -0.15) is 0 Å². The molecule has 172 valence electrons. The molecule has 1 aliphatic rings. The first-order valence-electron chi connectivity index (χ1n) is 10.6. The van der Waals surface area contributed by atoms with Gasteiger partial charge < -0.3 is 9.64 Å². The van der Waals surface area contributed by atoms with Crippen LogP contribution in [0.5, 0.6) is 0 Å². The summed E-state index contributed by atoms with van der Waals surface area (Å²) in [6.45, 7) is 0.0427. The van der Waals surface area contributed by atoms with Crippen LogP contribution in [0.15, 0.2) is 65.0 Å². The van der Waals surface area contributed by atoms with E-state index in [1.54, 1.807) is 12.1 Å². The van der Waals surface area contributed by atoms with Crippen LogP contribution in [-0.4, -0.2) is 39.5 Å². The third kappa shape index (κ3) is 3.99. The number of carbonyl (C=O) groups excluding carboxylic acids is 2. The van der Waals surface area contributed by atoms with E-state index in [2.05, 4.69) is 4.98 Å². The van der Waals surface area contributed by atoms with Crippen molar-refractivity contribution in [3.63, 3.8) is 0 Å². The maximum atomic E-state index is 13.4. The molecule has 34 heavy (non-hydrogen) atoms. The lowest BCUT2D eigenvalue weighted by atomic mass is 9.94. The summed E-state index contributed by atoms with van der Waals surface area (Å²) in [5.41, 5.74) is 3.26. The third-order valence-electron chi connectivity index (χ3n) is 6.06. The molecule has 0 N–H and O–H groups in total. The topological polar surface area (TPSA) is 81.5 Å². The van der Waals surface area contributed by atoms with Crippen molar-refractivity contribution in [1.29, 1.82) is 0 Å².